The molecule has 1 saturated heterocycles. The van der Waals surface area contributed by atoms with Gasteiger partial charge < -0.3 is 10.1 Å². The van der Waals surface area contributed by atoms with Crippen molar-refractivity contribution >= 4 is 0 Å². The summed E-state index contributed by atoms with van der Waals surface area (Å²) in [5, 5.41) is 3.58. The highest BCUT2D eigenvalue weighted by Crippen LogP contribution is 2.34. The molecule has 16 heavy (non-hydrogen) atoms. The van der Waals surface area contributed by atoms with Crippen molar-refractivity contribution < 1.29 is 4.74 Å². The van der Waals surface area contributed by atoms with E-state index in [4.69, 9.17) is 4.74 Å². The van der Waals surface area contributed by atoms with Gasteiger partial charge in [0.25, 0.3) is 0 Å². The SMILES string of the molecule is COc1c(C2CCCCN2)ccc(C)c1C. The highest BCUT2D eigenvalue weighted by Gasteiger charge is 2.19. The van der Waals surface area contributed by atoms with E-state index in [-0.39, 0.29) is 0 Å². The predicted molar refractivity (Wildman–Crippen MR) is 67.1 cm³/mol. The topological polar surface area (TPSA) is 21.3 Å². The monoisotopic (exact) mass is 219 g/mol. The quantitative estimate of drug-likeness (QED) is 0.825. The largest absolute Gasteiger partial charge is 0.496 e. The van der Waals surface area contributed by atoms with E-state index in [2.05, 4.69) is 31.3 Å². The number of hydrogen-bond acceptors (Lipinski definition) is 2. The zero-order chi connectivity index (χ0) is 11.5. The molecule has 1 aliphatic rings. The van der Waals surface area contributed by atoms with Crippen LogP contribution in [-0.4, -0.2) is 13.7 Å². The summed E-state index contributed by atoms with van der Waals surface area (Å²) in [5.41, 5.74) is 3.90. The summed E-state index contributed by atoms with van der Waals surface area (Å²) in [4.78, 5) is 0. The normalized spacial score (nSPS) is 20.8. The zero-order valence-electron chi connectivity index (χ0n) is 10.5. The van der Waals surface area contributed by atoms with Crippen LogP contribution in [0.4, 0.5) is 0 Å². The predicted octanol–water partition coefficient (Wildman–Crippen LogP) is 3.13. The van der Waals surface area contributed by atoms with E-state index in [9.17, 15) is 0 Å². The third-order valence-corrected chi connectivity index (χ3v) is 3.60. The second-order valence-electron chi connectivity index (χ2n) is 4.63. The molecular weight excluding hydrogens is 198 g/mol. The second-order valence-corrected chi connectivity index (χ2v) is 4.63. The van der Waals surface area contributed by atoms with E-state index in [1.807, 2.05) is 0 Å². The highest BCUT2D eigenvalue weighted by atomic mass is 16.5. The van der Waals surface area contributed by atoms with Gasteiger partial charge in [-0.1, -0.05) is 18.6 Å². The molecule has 2 nitrogen and oxygen atoms in total. The van der Waals surface area contributed by atoms with E-state index >= 15 is 0 Å². The molecule has 0 aromatic heterocycles. The fourth-order valence-electron chi connectivity index (χ4n) is 2.47. The van der Waals surface area contributed by atoms with E-state index < -0.39 is 0 Å². The van der Waals surface area contributed by atoms with Gasteiger partial charge >= 0.3 is 0 Å². The summed E-state index contributed by atoms with van der Waals surface area (Å²) in [6, 6.07) is 4.89. The molecule has 0 aliphatic carbocycles. The Labute approximate surface area is 98.0 Å². The number of ether oxygens (including phenoxy) is 1. The lowest BCUT2D eigenvalue weighted by Crippen LogP contribution is -2.27. The van der Waals surface area contributed by atoms with Crippen LogP contribution in [0.3, 0.4) is 0 Å². The summed E-state index contributed by atoms with van der Waals surface area (Å²) in [7, 11) is 1.77. The first-order chi connectivity index (χ1) is 7.74. The van der Waals surface area contributed by atoms with Gasteiger partial charge in [-0.15, -0.1) is 0 Å². The number of nitrogens with one attached hydrogen (secondary N) is 1. The van der Waals surface area contributed by atoms with Crippen molar-refractivity contribution in [3.05, 3.63) is 28.8 Å². The van der Waals surface area contributed by atoms with Crippen LogP contribution in [0.5, 0.6) is 5.75 Å². The molecular formula is C14H21NO. The van der Waals surface area contributed by atoms with Gasteiger partial charge in [-0.2, -0.15) is 0 Å². The number of methoxy groups -OCH3 is 1. The van der Waals surface area contributed by atoms with Gasteiger partial charge in [-0.05, 0) is 44.4 Å². The Morgan fingerprint density at radius 1 is 1.25 bits per heavy atom. The molecule has 1 aromatic rings. The Bertz CT molecular complexity index is 367. The Balaban J connectivity index is 2.35. The minimum absolute atomic E-state index is 0.475. The lowest BCUT2D eigenvalue weighted by molar-refractivity contribution is 0.371. The summed E-state index contributed by atoms with van der Waals surface area (Å²) < 4.78 is 5.57. The minimum atomic E-state index is 0.475. The molecule has 1 aromatic carbocycles. The molecule has 1 unspecified atom stereocenters. The van der Waals surface area contributed by atoms with Crippen molar-refractivity contribution in [1.29, 1.82) is 0 Å². The number of aryl methyl sites for hydroxylation is 1. The average molecular weight is 219 g/mol. The van der Waals surface area contributed by atoms with Gasteiger partial charge in [0.2, 0.25) is 0 Å². The molecule has 0 amide bonds. The summed E-state index contributed by atoms with van der Waals surface area (Å²) in [6.07, 6.45) is 3.83. The van der Waals surface area contributed by atoms with Crippen LogP contribution in [0, 0.1) is 13.8 Å². The van der Waals surface area contributed by atoms with Gasteiger partial charge in [0, 0.05) is 11.6 Å². The molecule has 88 valence electrons. The van der Waals surface area contributed by atoms with Crippen LogP contribution < -0.4 is 10.1 Å². The Morgan fingerprint density at radius 2 is 2.06 bits per heavy atom. The van der Waals surface area contributed by atoms with Crippen molar-refractivity contribution in [2.75, 3.05) is 13.7 Å². The number of rotatable bonds is 2. The molecule has 1 fully saturated rings. The van der Waals surface area contributed by atoms with Crippen molar-refractivity contribution in [3.63, 3.8) is 0 Å². The van der Waals surface area contributed by atoms with Gasteiger partial charge in [-0.3, -0.25) is 0 Å². The molecule has 2 heteroatoms. The van der Waals surface area contributed by atoms with Gasteiger partial charge in [0.1, 0.15) is 5.75 Å². The van der Waals surface area contributed by atoms with Crippen LogP contribution in [0.15, 0.2) is 12.1 Å². The molecule has 1 aliphatic heterocycles. The highest BCUT2D eigenvalue weighted by molar-refractivity contribution is 5.46. The zero-order valence-corrected chi connectivity index (χ0v) is 10.5. The number of hydrogen-bond donors (Lipinski definition) is 1. The average Bonchev–Trinajstić information content (AvgIpc) is 2.33. The Morgan fingerprint density at radius 3 is 2.69 bits per heavy atom. The van der Waals surface area contributed by atoms with Crippen LogP contribution in [0.2, 0.25) is 0 Å². The Hall–Kier alpha value is -1.02. The molecule has 2 rings (SSSR count). The van der Waals surface area contributed by atoms with Crippen molar-refractivity contribution in [3.8, 4) is 5.75 Å². The number of benzene rings is 1. The molecule has 0 spiro atoms. The fraction of sp³-hybridized carbons (Fsp3) is 0.571. The molecule has 0 radical (unpaired) electrons. The standard InChI is InChI=1S/C14H21NO/c1-10-7-8-12(14(16-3)11(10)2)13-6-4-5-9-15-13/h7-8,13,15H,4-6,9H2,1-3H3. The Kier molecular flexibility index (Phi) is 3.49. The van der Waals surface area contributed by atoms with Gasteiger partial charge in [0.15, 0.2) is 0 Å². The smallest absolute Gasteiger partial charge is 0.126 e. The van der Waals surface area contributed by atoms with Crippen LogP contribution in [0.25, 0.3) is 0 Å². The molecule has 0 saturated carbocycles. The van der Waals surface area contributed by atoms with Crippen LogP contribution in [0.1, 0.15) is 42.0 Å². The molecule has 1 N–H and O–H groups in total. The van der Waals surface area contributed by atoms with Crippen molar-refractivity contribution in [1.82, 2.24) is 5.32 Å². The first-order valence-electron chi connectivity index (χ1n) is 6.11. The van der Waals surface area contributed by atoms with Gasteiger partial charge in [-0.25, -0.2) is 0 Å². The van der Waals surface area contributed by atoms with E-state index in [0.717, 1.165) is 12.3 Å². The fourth-order valence-corrected chi connectivity index (χ4v) is 2.47. The van der Waals surface area contributed by atoms with E-state index in [1.54, 1.807) is 7.11 Å². The maximum atomic E-state index is 5.57. The molecule has 1 atom stereocenters. The van der Waals surface area contributed by atoms with Crippen LogP contribution in [-0.2, 0) is 0 Å². The maximum Gasteiger partial charge on any atom is 0.126 e. The van der Waals surface area contributed by atoms with Gasteiger partial charge in [0.05, 0.1) is 7.11 Å². The minimum Gasteiger partial charge on any atom is -0.496 e. The van der Waals surface area contributed by atoms with E-state index in [1.165, 1.54) is 36.0 Å². The number of piperidine rings is 1. The summed E-state index contributed by atoms with van der Waals surface area (Å²) in [5.74, 6) is 1.07. The molecule has 0 bridgehead atoms. The summed E-state index contributed by atoms with van der Waals surface area (Å²) in [6.45, 7) is 5.40. The van der Waals surface area contributed by atoms with Crippen molar-refractivity contribution in [2.24, 2.45) is 0 Å². The van der Waals surface area contributed by atoms with E-state index in [0.29, 0.717) is 6.04 Å². The lowest BCUT2D eigenvalue weighted by atomic mass is 9.93. The second kappa shape index (κ2) is 4.88. The molecule has 1 heterocycles. The third kappa shape index (κ3) is 2.07. The third-order valence-electron chi connectivity index (χ3n) is 3.60. The maximum absolute atomic E-state index is 5.57. The first kappa shape index (κ1) is 11.5. The lowest BCUT2D eigenvalue weighted by Gasteiger charge is -2.26. The van der Waals surface area contributed by atoms with Crippen molar-refractivity contribution in [2.45, 2.75) is 39.2 Å². The summed E-state index contributed by atoms with van der Waals surface area (Å²) >= 11 is 0. The van der Waals surface area contributed by atoms with Crippen LogP contribution >= 0.6 is 0 Å². The first-order valence-corrected chi connectivity index (χ1v) is 6.11.